The molecule has 0 radical (unpaired) electrons. The van der Waals surface area contributed by atoms with E-state index in [1.165, 1.54) is 12.8 Å². The lowest BCUT2D eigenvalue weighted by Crippen LogP contribution is -2.44. The minimum atomic E-state index is -2.71. The number of ether oxygens (including phenoxy) is 1. The average molecular weight is 717 g/mol. The molecule has 2 aromatic carbocycles. The van der Waals surface area contributed by atoms with Crippen LogP contribution in [-0.4, -0.2) is 83.3 Å². The van der Waals surface area contributed by atoms with E-state index >= 15 is 0 Å². The lowest BCUT2D eigenvalue weighted by molar-refractivity contribution is 0.313. The lowest BCUT2D eigenvalue weighted by atomic mass is 10.0. The van der Waals surface area contributed by atoms with Crippen molar-refractivity contribution in [2.45, 2.75) is 18.8 Å². The number of aromatic nitrogens is 5. The summed E-state index contributed by atoms with van der Waals surface area (Å²) in [5.74, 6) is 2.15. The maximum absolute atomic E-state index is 13.7. The van der Waals surface area contributed by atoms with E-state index in [9.17, 15) is 4.57 Å². The van der Waals surface area contributed by atoms with Crippen molar-refractivity contribution in [3.05, 3.63) is 65.2 Å². The Bertz CT molecular complexity index is 2020. The number of hydrogen-bond acceptors (Lipinski definition) is 10. The SMILES string of the molecule is COc1cc(N2CCN(C)CC2)c(-c2cnn(C)c2)cc1Nc1ncc(Br)c(Nc2ccc3nc(C4CC4)ccc3c2P(C)(C)=O)n1. The fraction of sp³-hybridized carbons (Fsp3) is 0.353. The summed E-state index contributed by atoms with van der Waals surface area (Å²) in [5, 5.41) is 12.9. The molecule has 4 heterocycles. The first-order valence-electron chi connectivity index (χ1n) is 15.8. The van der Waals surface area contributed by atoms with Crippen molar-refractivity contribution < 1.29 is 9.30 Å². The van der Waals surface area contributed by atoms with Crippen LogP contribution >= 0.6 is 23.1 Å². The highest BCUT2D eigenvalue weighted by atomic mass is 79.9. The Balaban J connectivity index is 1.24. The first-order valence-corrected chi connectivity index (χ1v) is 19.2. The van der Waals surface area contributed by atoms with Crippen molar-refractivity contribution >= 4 is 68.1 Å². The van der Waals surface area contributed by atoms with Gasteiger partial charge >= 0.3 is 0 Å². The molecule has 5 aromatic rings. The highest BCUT2D eigenvalue weighted by Crippen LogP contribution is 2.44. The Morgan fingerprint density at radius 2 is 1.74 bits per heavy atom. The Hall–Kier alpha value is -3.99. The normalized spacial score (nSPS) is 15.7. The van der Waals surface area contributed by atoms with Crippen LogP contribution in [0.5, 0.6) is 5.75 Å². The number of rotatable bonds is 9. The van der Waals surface area contributed by atoms with Gasteiger partial charge in [0.25, 0.3) is 0 Å². The maximum atomic E-state index is 13.7. The van der Waals surface area contributed by atoms with Crippen molar-refractivity contribution in [3.63, 3.8) is 0 Å². The molecule has 11 nitrogen and oxygen atoms in total. The molecule has 1 aliphatic heterocycles. The summed E-state index contributed by atoms with van der Waals surface area (Å²) in [4.78, 5) is 19.1. The van der Waals surface area contributed by atoms with Crippen LogP contribution in [0.2, 0.25) is 0 Å². The molecule has 0 unspecified atom stereocenters. The maximum Gasteiger partial charge on any atom is 0.229 e. The van der Waals surface area contributed by atoms with E-state index in [0.717, 1.165) is 76.3 Å². The van der Waals surface area contributed by atoms with Crippen LogP contribution in [0.4, 0.5) is 28.8 Å². The van der Waals surface area contributed by atoms with Crippen molar-refractivity contribution in [2.75, 3.05) is 69.2 Å². The number of nitrogens with zero attached hydrogens (tertiary/aromatic N) is 7. The third-order valence-corrected chi connectivity index (χ3v) is 11.0. The number of piperazine rings is 1. The number of methoxy groups -OCH3 is 1. The average Bonchev–Trinajstić information content (AvgIpc) is 3.81. The third-order valence-electron chi connectivity index (χ3n) is 8.82. The first-order chi connectivity index (χ1) is 22.6. The summed E-state index contributed by atoms with van der Waals surface area (Å²) in [6.07, 6.45) is 7.96. The van der Waals surface area contributed by atoms with Crippen LogP contribution in [0.25, 0.3) is 22.0 Å². The second-order valence-electron chi connectivity index (χ2n) is 12.8. The number of hydrogen-bond donors (Lipinski definition) is 2. The monoisotopic (exact) mass is 715 g/mol. The fourth-order valence-corrected chi connectivity index (χ4v) is 7.96. The summed E-state index contributed by atoms with van der Waals surface area (Å²) >= 11 is 3.62. The van der Waals surface area contributed by atoms with Crippen molar-refractivity contribution in [1.29, 1.82) is 0 Å². The van der Waals surface area contributed by atoms with E-state index in [2.05, 4.69) is 77.8 Å². The molecule has 3 aromatic heterocycles. The number of likely N-dealkylation sites (N-methyl/N-ethyl adjacent to an activating group) is 1. The Morgan fingerprint density at radius 3 is 2.43 bits per heavy atom. The fourth-order valence-electron chi connectivity index (χ4n) is 6.19. The summed E-state index contributed by atoms with van der Waals surface area (Å²) in [5.41, 5.74) is 6.58. The third kappa shape index (κ3) is 6.59. The van der Waals surface area contributed by atoms with E-state index in [0.29, 0.717) is 27.9 Å². The molecule has 2 fully saturated rings. The number of benzene rings is 2. The molecule has 244 valence electrons. The molecule has 7 rings (SSSR count). The van der Waals surface area contributed by atoms with E-state index in [4.69, 9.17) is 14.7 Å². The molecule has 0 amide bonds. The van der Waals surface area contributed by atoms with Gasteiger partial charge in [-0.25, -0.2) is 4.98 Å². The molecule has 1 saturated heterocycles. The van der Waals surface area contributed by atoms with Gasteiger partial charge in [-0.2, -0.15) is 10.1 Å². The number of nitrogens with one attached hydrogen (secondary N) is 2. The van der Waals surface area contributed by atoms with E-state index in [-0.39, 0.29) is 0 Å². The standard InChI is InChI=1S/C34H39BrN9O2P/c1-42-12-14-44(15-13-42)30-17-31(46-3)29(16-24(30)22-18-37-43(2)20-22)40-34-36-19-25(35)33(41-34)39-28-11-10-27-23(32(28)47(4,5)45)8-9-26(38-27)21-6-7-21/h8-11,16-21H,6-7,12-15H2,1-5H3,(H2,36,39,40,41). The predicted octanol–water partition coefficient (Wildman–Crippen LogP) is 6.56. The highest BCUT2D eigenvalue weighted by Gasteiger charge is 2.27. The molecular formula is C34H39BrN9O2P. The van der Waals surface area contributed by atoms with Gasteiger partial charge in [-0.15, -0.1) is 0 Å². The smallest absolute Gasteiger partial charge is 0.229 e. The Morgan fingerprint density at radius 1 is 0.957 bits per heavy atom. The second-order valence-corrected chi connectivity index (χ2v) is 16.8. The molecule has 0 spiro atoms. The van der Waals surface area contributed by atoms with Crippen molar-refractivity contribution in [3.8, 4) is 16.9 Å². The molecular weight excluding hydrogens is 677 g/mol. The van der Waals surface area contributed by atoms with E-state index < -0.39 is 7.14 Å². The first kappa shape index (κ1) is 31.6. The number of pyridine rings is 1. The molecule has 0 bridgehead atoms. The van der Waals surface area contributed by atoms with Gasteiger partial charge in [-0.05, 0) is 73.4 Å². The quantitative estimate of drug-likeness (QED) is 0.163. The van der Waals surface area contributed by atoms with Gasteiger partial charge < -0.3 is 29.7 Å². The summed E-state index contributed by atoms with van der Waals surface area (Å²) < 4.78 is 22.1. The number of fused-ring (bicyclic) bond motifs is 1. The zero-order valence-electron chi connectivity index (χ0n) is 27.3. The van der Waals surface area contributed by atoms with Crippen LogP contribution < -0.4 is 25.6 Å². The minimum absolute atomic E-state index is 0.382. The number of anilines is 5. The summed E-state index contributed by atoms with van der Waals surface area (Å²) in [6.45, 7) is 7.39. The van der Waals surface area contributed by atoms with Gasteiger partial charge in [0, 0.05) is 90.8 Å². The van der Waals surface area contributed by atoms with Gasteiger partial charge in [0.05, 0.1) is 34.7 Å². The van der Waals surface area contributed by atoms with Gasteiger partial charge in [-0.1, -0.05) is 6.07 Å². The summed E-state index contributed by atoms with van der Waals surface area (Å²) in [6, 6.07) is 12.2. The minimum Gasteiger partial charge on any atom is -0.494 e. The van der Waals surface area contributed by atoms with Crippen LogP contribution in [0.3, 0.4) is 0 Å². The molecule has 13 heteroatoms. The van der Waals surface area contributed by atoms with Crippen LogP contribution in [0, 0.1) is 0 Å². The van der Waals surface area contributed by atoms with Gasteiger partial charge in [0.2, 0.25) is 5.95 Å². The largest absolute Gasteiger partial charge is 0.494 e. The number of halogens is 1. The van der Waals surface area contributed by atoms with Crippen molar-refractivity contribution in [2.24, 2.45) is 7.05 Å². The zero-order chi connectivity index (χ0) is 32.9. The molecule has 2 N–H and O–H groups in total. The van der Waals surface area contributed by atoms with Crippen LogP contribution in [-0.2, 0) is 11.6 Å². The van der Waals surface area contributed by atoms with Gasteiger partial charge in [0.15, 0.2) is 0 Å². The molecule has 0 atom stereocenters. The van der Waals surface area contributed by atoms with Crippen LogP contribution in [0.15, 0.2) is 59.5 Å². The van der Waals surface area contributed by atoms with Crippen LogP contribution in [0.1, 0.15) is 24.5 Å². The Labute approximate surface area is 283 Å². The van der Waals surface area contributed by atoms with E-state index in [1.54, 1.807) is 26.6 Å². The van der Waals surface area contributed by atoms with Gasteiger partial charge in [0.1, 0.15) is 18.7 Å². The zero-order valence-corrected chi connectivity index (χ0v) is 29.8. The highest BCUT2D eigenvalue weighted by molar-refractivity contribution is 9.10. The summed E-state index contributed by atoms with van der Waals surface area (Å²) in [7, 11) is 3.03. The predicted molar refractivity (Wildman–Crippen MR) is 194 cm³/mol. The topological polar surface area (TPSA) is 113 Å². The second kappa shape index (κ2) is 12.6. The Kier molecular flexibility index (Phi) is 8.44. The lowest BCUT2D eigenvalue weighted by Gasteiger charge is -2.35. The number of aryl methyl sites for hydroxylation is 1. The van der Waals surface area contributed by atoms with Crippen molar-refractivity contribution in [1.82, 2.24) is 29.6 Å². The molecule has 1 saturated carbocycles. The van der Waals surface area contributed by atoms with Gasteiger partial charge in [-0.3, -0.25) is 9.67 Å². The molecule has 47 heavy (non-hydrogen) atoms. The van der Waals surface area contributed by atoms with E-state index in [1.807, 2.05) is 36.3 Å². The molecule has 1 aliphatic carbocycles. The molecule has 2 aliphatic rings.